The van der Waals surface area contributed by atoms with E-state index in [4.69, 9.17) is 11.6 Å². The van der Waals surface area contributed by atoms with Crippen molar-refractivity contribution in [2.24, 2.45) is 5.41 Å². The van der Waals surface area contributed by atoms with E-state index in [0.717, 1.165) is 5.56 Å². The van der Waals surface area contributed by atoms with E-state index in [9.17, 15) is 23.4 Å². The van der Waals surface area contributed by atoms with Crippen LogP contribution in [0.25, 0.3) is 0 Å². The van der Waals surface area contributed by atoms with Gasteiger partial charge in [0.1, 0.15) is 5.41 Å². The Labute approximate surface area is 150 Å². The number of aliphatic hydroxyl groups is 1. The average Bonchev–Trinajstić information content (AvgIpc) is 3.27. The van der Waals surface area contributed by atoms with Gasteiger partial charge < -0.3 is 10.2 Å². The van der Waals surface area contributed by atoms with E-state index in [1.807, 2.05) is 6.92 Å². The third-order valence-corrected chi connectivity index (χ3v) is 7.37. The van der Waals surface area contributed by atoms with Crippen LogP contribution < -0.4 is 0 Å². The Morgan fingerprint density at radius 3 is 2.16 bits per heavy atom. The van der Waals surface area contributed by atoms with Gasteiger partial charge in [-0.15, -0.1) is 0 Å². The highest BCUT2D eigenvalue weighted by Gasteiger charge is 2.75. The minimum Gasteiger partial charge on any atom is -0.481 e. The lowest BCUT2D eigenvalue weighted by molar-refractivity contribution is -0.145. The van der Waals surface area contributed by atoms with E-state index < -0.39 is 39.0 Å². The van der Waals surface area contributed by atoms with Gasteiger partial charge in [0, 0.05) is 10.9 Å². The van der Waals surface area contributed by atoms with E-state index in [1.165, 1.54) is 12.1 Å². The fourth-order valence-corrected chi connectivity index (χ4v) is 5.88. The Bertz CT molecular complexity index is 905. The van der Waals surface area contributed by atoms with Gasteiger partial charge in [-0.25, -0.2) is 8.42 Å². The number of aliphatic hydroxyl groups excluding tert-OH is 1. The fraction of sp³-hybridized carbons (Fsp3) is 0.278. The molecule has 3 rings (SSSR count). The lowest BCUT2D eigenvalue weighted by atomic mass is 10.0. The molecule has 0 saturated heterocycles. The summed E-state index contributed by atoms with van der Waals surface area (Å²) in [7, 11) is -3.93. The van der Waals surface area contributed by atoms with Gasteiger partial charge in [-0.1, -0.05) is 41.4 Å². The minimum atomic E-state index is -3.93. The fourth-order valence-electron chi connectivity index (χ4n) is 3.39. The van der Waals surface area contributed by atoms with Gasteiger partial charge >= 0.3 is 5.97 Å². The first kappa shape index (κ1) is 17.9. The van der Waals surface area contributed by atoms with E-state index in [2.05, 4.69) is 0 Å². The maximum absolute atomic E-state index is 13.0. The predicted molar refractivity (Wildman–Crippen MR) is 93.5 cm³/mol. The lowest BCUT2D eigenvalue weighted by Gasteiger charge is -2.09. The van der Waals surface area contributed by atoms with Crippen molar-refractivity contribution in [3.8, 4) is 0 Å². The van der Waals surface area contributed by atoms with Crippen LogP contribution in [0.3, 0.4) is 0 Å². The molecule has 0 aliphatic heterocycles. The number of carboxylic acids is 1. The molecule has 0 amide bonds. The molecule has 1 aliphatic rings. The number of rotatable bonds is 5. The van der Waals surface area contributed by atoms with Gasteiger partial charge in [0.05, 0.1) is 16.8 Å². The molecular weight excluding hydrogens is 364 g/mol. The van der Waals surface area contributed by atoms with Crippen LogP contribution in [0, 0.1) is 12.3 Å². The first-order valence-corrected chi connectivity index (χ1v) is 9.58. The number of aryl methyl sites for hydroxylation is 1. The molecule has 7 heteroatoms. The molecule has 1 saturated carbocycles. The summed E-state index contributed by atoms with van der Waals surface area (Å²) in [5.74, 6) is -2.16. The monoisotopic (exact) mass is 380 g/mol. The van der Waals surface area contributed by atoms with Crippen molar-refractivity contribution >= 4 is 27.4 Å². The molecule has 0 unspecified atom stereocenters. The quantitative estimate of drug-likeness (QED) is 0.832. The Balaban J connectivity index is 2.10. The molecule has 1 fully saturated rings. The molecule has 2 aromatic rings. The molecule has 0 heterocycles. The largest absolute Gasteiger partial charge is 0.481 e. The van der Waals surface area contributed by atoms with E-state index in [0.29, 0.717) is 10.6 Å². The van der Waals surface area contributed by atoms with Crippen LogP contribution in [-0.4, -0.2) is 36.5 Å². The third-order valence-electron chi connectivity index (χ3n) is 4.83. The summed E-state index contributed by atoms with van der Waals surface area (Å²) in [6.45, 7) is 1.07. The third kappa shape index (κ3) is 2.74. The number of hydrogen-bond donors (Lipinski definition) is 2. The van der Waals surface area contributed by atoms with Crippen LogP contribution >= 0.6 is 11.6 Å². The van der Waals surface area contributed by atoms with Gasteiger partial charge in [0.25, 0.3) is 0 Å². The van der Waals surface area contributed by atoms with Crippen LogP contribution in [-0.2, 0) is 14.6 Å². The second-order valence-electron chi connectivity index (χ2n) is 6.31. The summed E-state index contributed by atoms with van der Waals surface area (Å²) in [6, 6.07) is 12.6. The van der Waals surface area contributed by atoms with Crippen molar-refractivity contribution in [3.05, 3.63) is 64.7 Å². The summed E-state index contributed by atoms with van der Waals surface area (Å²) >= 11 is 5.86. The van der Waals surface area contributed by atoms with E-state index in [1.54, 1.807) is 36.4 Å². The zero-order valence-electron chi connectivity index (χ0n) is 13.4. The molecule has 0 radical (unpaired) electrons. The molecule has 3 atom stereocenters. The highest BCUT2D eigenvalue weighted by Crippen LogP contribution is 2.64. The molecule has 5 nitrogen and oxygen atoms in total. The molecule has 0 spiro atoms. The van der Waals surface area contributed by atoms with E-state index >= 15 is 0 Å². The predicted octanol–water partition coefficient (Wildman–Crippen LogP) is 2.65. The average molecular weight is 381 g/mol. The first-order valence-electron chi connectivity index (χ1n) is 7.65. The summed E-state index contributed by atoms with van der Waals surface area (Å²) in [5, 5.41) is 18.7. The van der Waals surface area contributed by atoms with Crippen LogP contribution in [0.1, 0.15) is 17.0 Å². The van der Waals surface area contributed by atoms with E-state index in [-0.39, 0.29) is 4.90 Å². The molecule has 132 valence electrons. The van der Waals surface area contributed by atoms with Crippen molar-refractivity contribution in [3.63, 3.8) is 0 Å². The van der Waals surface area contributed by atoms with Gasteiger partial charge in [0.15, 0.2) is 9.84 Å². The van der Waals surface area contributed by atoms with Crippen molar-refractivity contribution in [2.75, 3.05) is 6.61 Å². The van der Waals surface area contributed by atoms with Gasteiger partial charge in [0.2, 0.25) is 0 Å². The highest BCUT2D eigenvalue weighted by molar-refractivity contribution is 7.92. The number of carboxylic acid groups (broad SMARTS) is 1. The van der Waals surface area contributed by atoms with Crippen LogP contribution in [0.2, 0.25) is 5.02 Å². The number of aliphatic carboxylic acids is 1. The SMILES string of the molecule is Cc1ccc(S(=O)(=O)[C@@H]2[C@@H](c3ccc(Cl)cc3)[C@]2(CO)C(=O)O)cc1. The molecule has 2 N–H and O–H groups in total. The number of benzene rings is 2. The first-order chi connectivity index (χ1) is 11.7. The summed E-state index contributed by atoms with van der Waals surface area (Å²) in [6.07, 6.45) is 0. The molecule has 2 aromatic carbocycles. The zero-order valence-corrected chi connectivity index (χ0v) is 15.0. The summed E-state index contributed by atoms with van der Waals surface area (Å²) in [5.41, 5.74) is -0.324. The molecule has 0 bridgehead atoms. The second-order valence-corrected chi connectivity index (χ2v) is 8.82. The second kappa shape index (κ2) is 6.12. The highest BCUT2D eigenvalue weighted by atomic mass is 35.5. The molecular formula is C18H17ClO5S. The number of halogens is 1. The standard InChI is InChI=1S/C18H17ClO5S/c1-11-2-8-14(9-3-11)25(23,24)16-15(18(16,10-20)17(21)22)12-4-6-13(19)7-5-12/h2-9,15-16,20H,10H2,1H3,(H,21,22)/t15-,16-,18+/m1/s1. The number of hydrogen-bond acceptors (Lipinski definition) is 4. The Morgan fingerprint density at radius 1 is 1.12 bits per heavy atom. The van der Waals surface area contributed by atoms with Gasteiger partial charge in [-0.05, 0) is 36.8 Å². The normalized spacial score (nSPS) is 25.6. The number of carbonyl (C=O) groups is 1. The Morgan fingerprint density at radius 2 is 1.68 bits per heavy atom. The van der Waals surface area contributed by atoms with Gasteiger partial charge in [-0.3, -0.25) is 4.79 Å². The maximum atomic E-state index is 13.0. The Kier molecular flexibility index (Phi) is 4.39. The lowest BCUT2D eigenvalue weighted by Crippen LogP contribution is -2.27. The zero-order chi connectivity index (χ0) is 18.4. The van der Waals surface area contributed by atoms with Crippen LogP contribution in [0.15, 0.2) is 53.4 Å². The van der Waals surface area contributed by atoms with Crippen molar-refractivity contribution < 1.29 is 23.4 Å². The summed E-state index contributed by atoms with van der Waals surface area (Å²) in [4.78, 5) is 11.9. The van der Waals surface area contributed by atoms with Crippen LogP contribution in [0.5, 0.6) is 0 Å². The van der Waals surface area contributed by atoms with Crippen LogP contribution in [0.4, 0.5) is 0 Å². The maximum Gasteiger partial charge on any atom is 0.314 e. The Hall–Kier alpha value is -1.89. The van der Waals surface area contributed by atoms with Crippen molar-refractivity contribution in [1.82, 2.24) is 0 Å². The topological polar surface area (TPSA) is 91.7 Å². The molecule has 25 heavy (non-hydrogen) atoms. The van der Waals surface area contributed by atoms with Crippen molar-refractivity contribution in [1.29, 1.82) is 0 Å². The number of sulfone groups is 1. The van der Waals surface area contributed by atoms with Gasteiger partial charge in [-0.2, -0.15) is 0 Å². The minimum absolute atomic E-state index is 0.0543. The molecule has 1 aliphatic carbocycles. The molecule has 0 aromatic heterocycles. The summed E-state index contributed by atoms with van der Waals surface area (Å²) < 4.78 is 26.1. The van der Waals surface area contributed by atoms with Crippen molar-refractivity contribution in [2.45, 2.75) is 23.0 Å². The smallest absolute Gasteiger partial charge is 0.314 e.